The third-order valence-corrected chi connectivity index (χ3v) is 15.4. The second-order valence-corrected chi connectivity index (χ2v) is 18.4. The number of esters is 1. The third-order valence-electron chi connectivity index (χ3n) is 14.1. The second kappa shape index (κ2) is 15.7. The molecule has 13 heteroatoms. The number of aromatic nitrogens is 1. The van der Waals surface area contributed by atoms with Gasteiger partial charge in [0, 0.05) is 49.1 Å². The molecular weight excluding hydrogens is 733 g/mol. The lowest BCUT2D eigenvalue weighted by Crippen LogP contribution is -2.67. The number of Topliss-reactive ketones (excluding diaryl/α,β-unsaturated/α-hetero) is 1. The van der Waals surface area contributed by atoms with Crippen molar-refractivity contribution in [2.75, 3.05) is 25.4 Å². The molecule has 8 rings (SSSR count). The van der Waals surface area contributed by atoms with Crippen LogP contribution < -0.4 is 15.4 Å². The number of β-lactam (4-membered cyclic amide) rings is 1. The summed E-state index contributed by atoms with van der Waals surface area (Å²) in [5.41, 5.74) is 2.88. The number of carbonyl (C=O) groups excluding carboxylic acids is 5. The van der Waals surface area contributed by atoms with E-state index in [0.29, 0.717) is 97.1 Å². The number of hydrogen-bond donors (Lipinski definition) is 2. The Bertz CT molecular complexity index is 1910. The first kappa shape index (κ1) is 38.7. The molecule has 8 atom stereocenters. The Balaban J connectivity index is 0.725. The van der Waals surface area contributed by atoms with Crippen molar-refractivity contribution in [1.29, 1.82) is 0 Å². The van der Waals surface area contributed by atoms with Crippen molar-refractivity contribution in [3.63, 3.8) is 0 Å². The Morgan fingerprint density at radius 1 is 1.04 bits per heavy atom. The van der Waals surface area contributed by atoms with E-state index >= 15 is 0 Å². The zero-order chi connectivity index (χ0) is 39.2. The van der Waals surface area contributed by atoms with Crippen molar-refractivity contribution < 1.29 is 38.0 Å². The van der Waals surface area contributed by atoms with Gasteiger partial charge in [-0.05, 0) is 106 Å². The predicted octanol–water partition coefficient (Wildman–Crippen LogP) is 6.16. The molecule has 300 valence electrons. The number of rotatable bonds is 13. The third kappa shape index (κ3) is 7.17. The smallest absolute Gasteiger partial charge is 0.306 e. The first-order valence-electron chi connectivity index (χ1n) is 20.6. The van der Waals surface area contributed by atoms with Gasteiger partial charge in [0.25, 0.3) is 5.91 Å². The van der Waals surface area contributed by atoms with E-state index in [2.05, 4.69) is 35.7 Å². The number of allylic oxidation sites excluding steroid dienone is 2. The molecule has 0 spiro atoms. The van der Waals surface area contributed by atoms with E-state index in [1.165, 1.54) is 5.57 Å². The van der Waals surface area contributed by atoms with Crippen molar-refractivity contribution in [2.24, 2.45) is 28.6 Å². The van der Waals surface area contributed by atoms with E-state index in [1.54, 1.807) is 47.9 Å². The molecule has 1 aromatic carbocycles. The number of benzene rings is 1. The summed E-state index contributed by atoms with van der Waals surface area (Å²) in [7, 11) is 0. The fourth-order valence-corrected chi connectivity index (χ4v) is 12.2. The van der Waals surface area contributed by atoms with Gasteiger partial charge in [0.1, 0.15) is 46.1 Å². The van der Waals surface area contributed by atoms with Crippen LogP contribution in [0.2, 0.25) is 0 Å². The predicted molar refractivity (Wildman–Crippen MR) is 209 cm³/mol. The zero-order valence-corrected chi connectivity index (χ0v) is 33.5. The summed E-state index contributed by atoms with van der Waals surface area (Å²) in [6, 6.07) is 6.51. The maximum Gasteiger partial charge on any atom is 0.306 e. The highest BCUT2D eigenvalue weighted by Crippen LogP contribution is 2.65. The fourth-order valence-electron chi connectivity index (χ4n) is 10.9. The van der Waals surface area contributed by atoms with Crippen LogP contribution >= 0.6 is 11.8 Å². The monoisotopic (exact) mass is 786 g/mol. The van der Waals surface area contributed by atoms with E-state index in [9.17, 15) is 24.0 Å². The van der Waals surface area contributed by atoms with Gasteiger partial charge in [-0.25, -0.2) is 0 Å². The Morgan fingerprint density at radius 2 is 1.86 bits per heavy atom. The quantitative estimate of drug-likeness (QED) is 0.104. The van der Waals surface area contributed by atoms with Crippen LogP contribution in [-0.4, -0.2) is 82.5 Å². The molecule has 6 aliphatic rings. The standard InChI is InChI=1S/C43H54N4O8S/c1-25-36(39(51)45-38-40(52)47-21-23-56-41(38)47)37(46-55-25)26-7-10-29(11-8-26)53-22-17-34(49)44-20-5-4-6-35(50)54-33-14-13-31-30-12-9-27-24-28(48)15-18-42(27,2)32(30)16-19-43(31,33)3/h7-11,30-33,38,41H,4-6,12-24H2,1-3H3,(H,44,49)(H,45,51). The van der Waals surface area contributed by atoms with Crippen LogP contribution in [0.1, 0.15) is 107 Å². The average molecular weight is 787 g/mol. The second-order valence-electron chi connectivity index (χ2n) is 17.2. The van der Waals surface area contributed by atoms with Crippen molar-refractivity contribution in [3.05, 3.63) is 47.2 Å². The van der Waals surface area contributed by atoms with Crippen LogP contribution in [0.25, 0.3) is 11.3 Å². The van der Waals surface area contributed by atoms with Gasteiger partial charge < -0.3 is 29.5 Å². The summed E-state index contributed by atoms with van der Waals surface area (Å²) in [6.07, 6.45) is 11.8. The molecular formula is C43H54N4O8S. The maximum absolute atomic E-state index is 13.2. The molecule has 3 amide bonds. The fraction of sp³-hybridized carbons (Fsp3) is 0.628. The minimum atomic E-state index is -0.543. The van der Waals surface area contributed by atoms with Crippen LogP contribution in [-0.2, 0) is 23.9 Å². The lowest BCUT2D eigenvalue weighted by Gasteiger charge is -2.57. The molecule has 0 bridgehead atoms. The molecule has 2 N–H and O–H groups in total. The first-order valence-corrected chi connectivity index (χ1v) is 21.6. The number of aryl methyl sites for hydroxylation is 1. The Kier molecular flexibility index (Phi) is 10.8. The van der Waals surface area contributed by atoms with Crippen LogP contribution in [0.5, 0.6) is 5.75 Å². The minimum absolute atomic E-state index is 0.00875. The number of thioether (sulfide) groups is 1. The molecule has 1 aromatic heterocycles. The van der Waals surface area contributed by atoms with Gasteiger partial charge in [0.2, 0.25) is 11.8 Å². The molecule has 3 saturated carbocycles. The summed E-state index contributed by atoms with van der Waals surface area (Å²) in [5.74, 6) is 3.23. The van der Waals surface area contributed by atoms with Crippen molar-refractivity contribution in [2.45, 2.75) is 115 Å². The minimum Gasteiger partial charge on any atom is -0.493 e. The molecule has 2 aromatic rings. The average Bonchev–Trinajstić information content (AvgIpc) is 3.89. The Hall–Kier alpha value is -4.13. The molecule has 12 nitrogen and oxygen atoms in total. The van der Waals surface area contributed by atoms with Crippen molar-refractivity contribution >= 4 is 41.2 Å². The van der Waals surface area contributed by atoms with Gasteiger partial charge in [0.15, 0.2) is 0 Å². The molecule has 5 fully saturated rings. The maximum atomic E-state index is 13.2. The van der Waals surface area contributed by atoms with E-state index in [4.69, 9.17) is 14.0 Å². The van der Waals surface area contributed by atoms with Gasteiger partial charge in [0.05, 0.1) is 13.0 Å². The van der Waals surface area contributed by atoms with Crippen LogP contribution in [0, 0.1) is 35.5 Å². The van der Waals surface area contributed by atoms with E-state index < -0.39 is 11.9 Å². The van der Waals surface area contributed by atoms with Gasteiger partial charge in [-0.2, -0.15) is 0 Å². The van der Waals surface area contributed by atoms with E-state index in [1.807, 2.05) is 0 Å². The first-order chi connectivity index (χ1) is 27.0. The van der Waals surface area contributed by atoms with Crippen molar-refractivity contribution in [3.8, 4) is 17.0 Å². The number of nitrogens with one attached hydrogen (secondary N) is 2. The summed E-state index contributed by atoms with van der Waals surface area (Å²) in [5, 5.41) is 9.88. The van der Waals surface area contributed by atoms with Crippen LogP contribution in [0.3, 0.4) is 0 Å². The highest BCUT2D eigenvalue weighted by molar-refractivity contribution is 8.00. The summed E-state index contributed by atoms with van der Waals surface area (Å²) < 4.78 is 17.3. The molecule has 56 heavy (non-hydrogen) atoms. The molecule has 3 heterocycles. The summed E-state index contributed by atoms with van der Waals surface area (Å²) in [6.45, 7) is 7.80. The number of hydrogen-bond acceptors (Lipinski definition) is 10. The van der Waals surface area contributed by atoms with Gasteiger partial charge in [-0.15, -0.1) is 11.8 Å². The zero-order valence-electron chi connectivity index (χ0n) is 32.7. The molecule has 2 aliphatic heterocycles. The van der Waals surface area contributed by atoms with Crippen LogP contribution in [0.15, 0.2) is 40.4 Å². The molecule has 4 aliphatic carbocycles. The number of ether oxygens (including phenoxy) is 2. The van der Waals surface area contributed by atoms with E-state index in [0.717, 1.165) is 44.3 Å². The largest absolute Gasteiger partial charge is 0.493 e. The number of nitrogens with zero attached hydrogens (tertiary/aromatic N) is 2. The van der Waals surface area contributed by atoms with Gasteiger partial charge in [-0.3, -0.25) is 24.0 Å². The normalized spacial score (nSPS) is 31.6. The highest BCUT2D eigenvalue weighted by Gasteiger charge is 2.59. The number of ketones is 1. The highest BCUT2D eigenvalue weighted by atomic mass is 32.2. The summed E-state index contributed by atoms with van der Waals surface area (Å²) in [4.78, 5) is 65.0. The topological polar surface area (TPSA) is 157 Å². The lowest BCUT2D eigenvalue weighted by molar-refractivity contribution is -0.159. The van der Waals surface area contributed by atoms with Crippen molar-refractivity contribution in [1.82, 2.24) is 20.7 Å². The molecule has 2 saturated heterocycles. The number of carbonyl (C=O) groups is 5. The Labute approximate surface area is 332 Å². The summed E-state index contributed by atoms with van der Waals surface area (Å²) >= 11 is 1.67. The van der Waals surface area contributed by atoms with Gasteiger partial charge >= 0.3 is 5.97 Å². The number of fused-ring (bicyclic) bond motifs is 6. The molecule has 0 radical (unpaired) electrons. The van der Waals surface area contributed by atoms with Gasteiger partial charge in [-0.1, -0.05) is 30.7 Å². The lowest BCUT2D eigenvalue weighted by atomic mass is 9.48. The SMILES string of the molecule is Cc1onc(-c2ccc(OCCC(=O)NCCCCC(=O)OC3CCC4C5CC=C6CC(=O)CCC6(C)C5CCC34C)cc2)c1C(=O)NC1C(=O)N2CCSC12. The Morgan fingerprint density at radius 3 is 2.68 bits per heavy atom. The van der Waals surface area contributed by atoms with E-state index in [-0.39, 0.29) is 53.1 Å². The number of unbranched alkanes of at least 4 members (excludes halogenated alkanes) is 1. The molecule has 8 unspecified atom stereocenters. The van der Waals surface area contributed by atoms with Crippen LogP contribution in [0.4, 0.5) is 0 Å². The number of amides is 3.